The molecule has 0 saturated heterocycles. The van der Waals surface area contributed by atoms with Crippen LogP contribution in [0.25, 0.3) is 0 Å². The van der Waals surface area contributed by atoms with Crippen molar-refractivity contribution in [2.75, 3.05) is 12.3 Å². The molecule has 1 aliphatic rings. The molecule has 2 heteroatoms. The molecule has 1 aromatic carbocycles. The summed E-state index contributed by atoms with van der Waals surface area (Å²) in [5, 5.41) is 0. The first-order valence-corrected chi connectivity index (χ1v) is 3.80. The average molecular weight is 149 g/mol. The zero-order chi connectivity index (χ0) is 7.84. The van der Waals surface area contributed by atoms with Crippen molar-refractivity contribution in [1.29, 1.82) is 0 Å². The first-order valence-electron chi connectivity index (χ1n) is 3.80. The van der Waals surface area contributed by atoms with Gasteiger partial charge in [-0.15, -0.1) is 0 Å². The summed E-state index contributed by atoms with van der Waals surface area (Å²) in [6.07, 6.45) is 1.01. The molecule has 0 bridgehead atoms. The number of fused-ring (bicyclic) bond motifs is 1. The highest BCUT2D eigenvalue weighted by molar-refractivity contribution is 5.60. The van der Waals surface area contributed by atoms with Crippen LogP contribution >= 0.6 is 0 Å². The van der Waals surface area contributed by atoms with Crippen LogP contribution in [0.1, 0.15) is 11.1 Å². The van der Waals surface area contributed by atoms with Crippen molar-refractivity contribution in [3.05, 3.63) is 23.3 Å². The third-order valence-electron chi connectivity index (χ3n) is 2.12. The van der Waals surface area contributed by atoms with Crippen molar-refractivity contribution in [2.45, 2.75) is 13.3 Å². The first-order chi connectivity index (χ1) is 5.29. The van der Waals surface area contributed by atoms with E-state index < -0.39 is 0 Å². The smallest absolute Gasteiger partial charge is 0.145 e. The van der Waals surface area contributed by atoms with E-state index in [2.05, 4.69) is 6.92 Å². The fraction of sp³-hybridized carbons (Fsp3) is 0.333. The van der Waals surface area contributed by atoms with Gasteiger partial charge in [-0.05, 0) is 18.6 Å². The van der Waals surface area contributed by atoms with E-state index in [9.17, 15) is 0 Å². The molecule has 0 atom stereocenters. The van der Waals surface area contributed by atoms with E-state index >= 15 is 0 Å². The van der Waals surface area contributed by atoms with Gasteiger partial charge in [0.05, 0.1) is 12.3 Å². The average Bonchev–Trinajstić information content (AvgIpc) is 2.45. The molecule has 0 unspecified atom stereocenters. The summed E-state index contributed by atoms with van der Waals surface area (Å²) >= 11 is 0. The number of hydrogen-bond acceptors (Lipinski definition) is 2. The van der Waals surface area contributed by atoms with Crippen LogP contribution in [0.15, 0.2) is 12.1 Å². The lowest BCUT2D eigenvalue weighted by Crippen LogP contribution is -1.91. The Bertz CT molecular complexity index is 265. The van der Waals surface area contributed by atoms with E-state index in [1.165, 1.54) is 11.1 Å². The summed E-state index contributed by atoms with van der Waals surface area (Å²) in [7, 11) is 0. The maximum absolute atomic E-state index is 5.72. The van der Waals surface area contributed by atoms with Gasteiger partial charge in [0, 0.05) is 12.0 Å². The summed E-state index contributed by atoms with van der Waals surface area (Å²) in [6.45, 7) is 2.87. The second-order valence-corrected chi connectivity index (χ2v) is 2.88. The van der Waals surface area contributed by atoms with Crippen LogP contribution < -0.4 is 10.5 Å². The molecule has 2 rings (SSSR count). The summed E-state index contributed by atoms with van der Waals surface area (Å²) in [6, 6.07) is 3.95. The van der Waals surface area contributed by atoms with Gasteiger partial charge in [0.1, 0.15) is 5.75 Å². The molecule has 0 aromatic heterocycles. The summed E-state index contributed by atoms with van der Waals surface area (Å²) in [5.41, 5.74) is 9.05. The zero-order valence-corrected chi connectivity index (χ0v) is 6.55. The molecule has 0 spiro atoms. The van der Waals surface area contributed by atoms with Crippen LogP contribution in [-0.2, 0) is 6.42 Å². The summed E-state index contributed by atoms with van der Waals surface area (Å²) in [5.74, 6) is 0.907. The van der Waals surface area contributed by atoms with Gasteiger partial charge in [-0.3, -0.25) is 0 Å². The highest BCUT2D eigenvalue weighted by atomic mass is 16.5. The Morgan fingerprint density at radius 3 is 3.00 bits per heavy atom. The molecule has 11 heavy (non-hydrogen) atoms. The minimum Gasteiger partial charge on any atom is -0.491 e. The largest absolute Gasteiger partial charge is 0.491 e. The molecule has 0 radical (unpaired) electrons. The van der Waals surface area contributed by atoms with Crippen LogP contribution in [0.5, 0.6) is 5.75 Å². The van der Waals surface area contributed by atoms with E-state index in [4.69, 9.17) is 10.5 Å². The fourth-order valence-electron chi connectivity index (χ4n) is 1.48. The van der Waals surface area contributed by atoms with Crippen molar-refractivity contribution in [3.8, 4) is 5.75 Å². The summed E-state index contributed by atoms with van der Waals surface area (Å²) in [4.78, 5) is 0. The zero-order valence-electron chi connectivity index (χ0n) is 6.55. The molecular weight excluding hydrogens is 138 g/mol. The second-order valence-electron chi connectivity index (χ2n) is 2.88. The van der Waals surface area contributed by atoms with Gasteiger partial charge in [-0.2, -0.15) is 0 Å². The summed E-state index contributed by atoms with van der Waals surface area (Å²) < 4.78 is 5.39. The van der Waals surface area contributed by atoms with Crippen LogP contribution in [0.3, 0.4) is 0 Å². The molecule has 0 saturated carbocycles. The number of nitrogen functional groups attached to an aromatic ring is 1. The number of ether oxygens (including phenoxy) is 1. The van der Waals surface area contributed by atoms with Gasteiger partial charge in [0.2, 0.25) is 0 Å². The SMILES string of the molecule is Cc1ccc(N)c2c1CCO2. The van der Waals surface area contributed by atoms with Crippen LogP contribution in [-0.4, -0.2) is 6.61 Å². The van der Waals surface area contributed by atoms with E-state index in [0.717, 1.165) is 24.5 Å². The predicted molar refractivity (Wildman–Crippen MR) is 44.8 cm³/mol. The number of benzene rings is 1. The molecule has 0 aliphatic carbocycles. The molecule has 1 aromatic rings. The fourth-order valence-corrected chi connectivity index (χ4v) is 1.48. The normalized spacial score (nSPS) is 14.3. The molecule has 2 N–H and O–H groups in total. The lowest BCUT2D eigenvalue weighted by Gasteiger charge is -2.04. The van der Waals surface area contributed by atoms with Crippen molar-refractivity contribution in [1.82, 2.24) is 0 Å². The molecule has 1 aliphatic heterocycles. The first kappa shape index (κ1) is 6.53. The minimum atomic E-state index is 0.767. The number of aryl methyl sites for hydroxylation is 1. The number of rotatable bonds is 0. The van der Waals surface area contributed by atoms with Gasteiger partial charge >= 0.3 is 0 Å². The van der Waals surface area contributed by atoms with Crippen LogP contribution in [0.2, 0.25) is 0 Å². The lowest BCUT2D eigenvalue weighted by atomic mass is 10.1. The molecule has 0 amide bonds. The van der Waals surface area contributed by atoms with Crippen molar-refractivity contribution in [3.63, 3.8) is 0 Å². The van der Waals surface area contributed by atoms with E-state index in [1.54, 1.807) is 0 Å². The van der Waals surface area contributed by atoms with Gasteiger partial charge < -0.3 is 10.5 Å². The standard InChI is InChI=1S/C9H11NO/c1-6-2-3-8(10)9-7(6)4-5-11-9/h2-3H,4-5,10H2,1H3. The molecule has 2 nitrogen and oxygen atoms in total. The van der Waals surface area contributed by atoms with Gasteiger partial charge in [-0.1, -0.05) is 6.07 Å². The molecule has 1 heterocycles. The number of nitrogens with two attached hydrogens (primary N) is 1. The highest BCUT2D eigenvalue weighted by Crippen LogP contribution is 2.33. The van der Waals surface area contributed by atoms with Crippen molar-refractivity contribution < 1.29 is 4.74 Å². The highest BCUT2D eigenvalue weighted by Gasteiger charge is 2.16. The Labute approximate surface area is 66.0 Å². The van der Waals surface area contributed by atoms with E-state index in [0.29, 0.717) is 0 Å². The van der Waals surface area contributed by atoms with E-state index in [1.807, 2.05) is 12.1 Å². The maximum atomic E-state index is 5.72. The molecular formula is C9H11NO. The molecule has 58 valence electrons. The Balaban J connectivity index is 2.64. The number of hydrogen-bond donors (Lipinski definition) is 1. The van der Waals surface area contributed by atoms with Crippen LogP contribution in [0.4, 0.5) is 5.69 Å². The molecule has 0 fully saturated rings. The quantitative estimate of drug-likeness (QED) is 0.567. The maximum Gasteiger partial charge on any atom is 0.145 e. The van der Waals surface area contributed by atoms with Gasteiger partial charge in [0.25, 0.3) is 0 Å². The topological polar surface area (TPSA) is 35.2 Å². The Kier molecular flexibility index (Phi) is 1.28. The number of anilines is 1. The van der Waals surface area contributed by atoms with E-state index in [-0.39, 0.29) is 0 Å². The van der Waals surface area contributed by atoms with Crippen molar-refractivity contribution >= 4 is 5.69 Å². The third kappa shape index (κ3) is 0.862. The Morgan fingerprint density at radius 1 is 1.45 bits per heavy atom. The minimum absolute atomic E-state index is 0.767. The Morgan fingerprint density at radius 2 is 2.27 bits per heavy atom. The van der Waals surface area contributed by atoms with Crippen molar-refractivity contribution in [2.24, 2.45) is 0 Å². The second kappa shape index (κ2) is 2.16. The predicted octanol–water partition coefficient (Wildman–Crippen LogP) is 1.51. The lowest BCUT2D eigenvalue weighted by molar-refractivity contribution is 0.358. The third-order valence-corrected chi connectivity index (χ3v) is 2.12. The van der Waals surface area contributed by atoms with Gasteiger partial charge in [-0.25, -0.2) is 0 Å². The monoisotopic (exact) mass is 149 g/mol. The van der Waals surface area contributed by atoms with Crippen LogP contribution in [0, 0.1) is 6.92 Å². The Hall–Kier alpha value is -1.18. The van der Waals surface area contributed by atoms with Gasteiger partial charge in [0.15, 0.2) is 0 Å².